The van der Waals surface area contributed by atoms with Gasteiger partial charge in [-0.3, -0.25) is 9.78 Å². The third-order valence-corrected chi connectivity index (χ3v) is 4.64. The number of rotatable bonds is 5. The third kappa shape index (κ3) is 3.45. The summed E-state index contributed by atoms with van der Waals surface area (Å²) in [4.78, 5) is 18.1. The first-order valence-electron chi connectivity index (χ1n) is 7.82. The van der Waals surface area contributed by atoms with Crippen molar-refractivity contribution in [2.75, 3.05) is 0 Å². The maximum Gasteiger partial charge on any atom is 0.268 e. The second kappa shape index (κ2) is 6.54. The number of nitrogens with zero attached hydrogens (tertiary/aromatic N) is 2. The van der Waals surface area contributed by atoms with Crippen LogP contribution in [-0.2, 0) is 13.1 Å². The van der Waals surface area contributed by atoms with Crippen LogP contribution in [0.25, 0.3) is 10.2 Å². The lowest BCUT2D eigenvalue weighted by Gasteiger charge is -2.12. The van der Waals surface area contributed by atoms with Crippen molar-refractivity contribution < 1.29 is 4.79 Å². The number of carbonyl (C=O) groups excluding carboxylic acids is 1. The SMILES string of the molecule is Cc1cc2c(cc(C(=O)NCc3ccccn3)n2CC(C)C)s1. The van der Waals surface area contributed by atoms with Crippen molar-refractivity contribution in [2.45, 2.75) is 33.9 Å². The van der Waals surface area contributed by atoms with E-state index in [2.05, 4.69) is 41.7 Å². The molecule has 0 aromatic carbocycles. The Kier molecular flexibility index (Phi) is 4.48. The zero-order valence-electron chi connectivity index (χ0n) is 13.7. The maximum atomic E-state index is 12.6. The van der Waals surface area contributed by atoms with Gasteiger partial charge in [-0.15, -0.1) is 11.3 Å². The fraction of sp³-hybridized carbons (Fsp3) is 0.333. The van der Waals surface area contributed by atoms with Crippen LogP contribution in [0.2, 0.25) is 0 Å². The average molecular weight is 327 g/mol. The number of aryl methyl sites for hydroxylation is 1. The number of pyridine rings is 1. The highest BCUT2D eigenvalue weighted by molar-refractivity contribution is 7.19. The maximum absolute atomic E-state index is 12.6. The van der Waals surface area contributed by atoms with E-state index in [9.17, 15) is 4.79 Å². The summed E-state index contributed by atoms with van der Waals surface area (Å²) in [6.07, 6.45) is 1.74. The molecule has 0 saturated heterocycles. The number of fused-ring (bicyclic) bond motifs is 1. The Balaban J connectivity index is 1.85. The first kappa shape index (κ1) is 15.7. The highest BCUT2D eigenvalue weighted by Gasteiger charge is 2.17. The number of aromatic nitrogens is 2. The molecule has 120 valence electrons. The third-order valence-electron chi connectivity index (χ3n) is 3.65. The Morgan fingerprint density at radius 2 is 2.17 bits per heavy atom. The number of amides is 1. The monoisotopic (exact) mass is 327 g/mol. The van der Waals surface area contributed by atoms with E-state index in [0.29, 0.717) is 12.5 Å². The second-order valence-electron chi connectivity index (χ2n) is 6.14. The number of hydrogen-bond donors (Lipinski definition) is 1. The fourth-order valence-corrected chi connectivity index (χ4v) is 3.64. The molecule has 0 bridgehead atoms. The van der Waals surface area contributed by atoms with Crippen molar-refractivity contribution in [1.82, 2.24) is 14.9 Å². The van der Waals surface area contributed by atoms with Gasteiger partial charge in [0.25, 0.3) is 5.91 Å². The van der Waals surface area contributed by atoms with E-state index in [4.69, 9.17) is 0 Å². The van der Waals surface area contributed by atoms with Crippen LogP contribution >= 0.6 is 11.3 Å². The first-order valence-corrected chi connectivity index (χ1v) is 8.64. The first-order chi connectivity index (χ1) is 11.0. The smallest absolute Gasteiger partial charge is 0.268 e. The van der Waals surface area contributed by atoms with Gasteiger partial charge in [0.15, 0.2) is 0 Å². The van der Waals surface area contributed by atoms with Gasteiger partial charge in [-0.2, -0.15) is 0 Å². The topological polar surface area (TPSA) is 46.9 Å². The summed E-state index contributed by atoms with van der Waals surface area (Å²) in [5.74, 6) is 0.436. The Bertz CT molecular complexity index is 818. The van der Waals surface area contributed by atoms with E-state index < -0.39 is 0 Å². The van der Waals surface area contributed by atoms with Crippen molar-refractivity contribution in [2.24, 2.45) is 5.92 Å². The van der Waals surface area contributed by atoms with Gasteiger partial charge in [0, 0.05) is 17.6 Å². The molecule has 0 aliphatic carbocycles. The minimum atomic E-state index is -0.0441. The molecule has 1 N–H and O–H groups in total. The van der Waals surface area contributed by atoms with E-state index >= 15 is 0 Å². The van der Waals surface area contributed by atoms with Crippen LogP contribution in [0.5, 0.6) is 0 Å². The highest BCUT2D eigenvalue weighted by atomic mass is 32.1. The number of nitrogens with one attached hydrogen (secondary N) is 1. The van der Waals surface area contributed by atoms with Gasteiger partial charge in [0.1, 0.15) is 5.69 Å². The molecule has 0 atom stereocenters. The number of hydrogen-bond acceptors (Lipinski definition) is 3. The Hall–Kier alpha value is -2.14. The molecule has 3 heterocycles. The lowest BCUT2D eigenvalue weighted by atomic mass is 10.2. The van der Waals surface area contributed by atoms with E-state index in [0.717, 1.165) is 23.4 Å². The van der Waals surface area contributed by atoms with Gasteiger partial charge in [-0.25, -0.2) is 0 Å². The molecule has 23 heavy (non-hydrogen) atoms. The normalized spacial score (nSPS) is 11.3. The molecule has 0 spiro atoms. The van der Waals surface area contributed by atoms with Crippen LogP contribution in [0.3, 0.4) is 0 Å². The van der Waals surface area contributed by atoms with Gasteiger partial charge in [0.05, 0.1) is 22.5 Å². The lowest BCUT2D eigenvalue weighted by molar-refractivity contribution is 0.0941. The van der Waals surface area contributed by atoms with Gasteiger partial charge in [0.2, 0.25) is 0 Å². The summed E-state index contributed by atoms with van der Waals surface area (Å²) in [6, 6.07) is 9.88. The second-order valence-corrected chi connectivity index (χ2v) is 7.43. The summed E-state index contributed by atoms with van der Waals surface area (Å²) in [7, 11) is 0. The van der Waals surface area contributed by atoms with Crippen molar-refractivity contribution in [3.05, 3.63) is 52.8 Å². The fourth-order valence-electron chi connectivity index (χ4n) is 2.68. The highest BCUT2D eigenvalue weighted by Crippen LogP contribution is 2.29. The molecule has 0 aliphatic heterocycles. The van der Waals surface area contributed by atoms with Crippen molar-refractivity contribution >= 4 is 27.5 Å². The van der Waals surface area contributed by atoms with Crippen molar-refractivity contribution in [3.8, 4) is 0 Å². The quantitative estimate of drug-likeness (QED) is 0.770. The van der Waals surface area contributed by atoms with Gasteiger partial charge >= 0.3 is 0 Å². The van der Waals surface area contributed by atoms with E-state index in [1.807, 2.05) is 24.3 Å². The zero-order chi connectivity index (χ0) is 16.4. The van der Waals surface area contributed by atoms with Crippen LogP contribution in [0, 0.1) is 12.8 Å². The van der Waals surface area contributed by atoms with Gasteiger partial charge < -0.3 is 9.88 Å². The van der Waals surface area contributed by atoms with Crippen LogP contribution in [0.1, 0.15) is 34.9 Å². The summed E-state index contributed by atoms with van der Waals surface area (Å²) in [5, 5.41) is 2.98. The summed E-state index contributed by atoms with van der Waals surface area (Å²) >= 11 is 1.73. The molecule has 0 aliphatic rings. The molecule has 0 radical (unpaired) electrons. The molecule has 0 saturated carbocycles. The van der Waals surface area contributed by atoms with E-state index in [1.165, 1.54) is 9.58 Å². The van der Waals surface area contributed by atoms with Crippen LogP contribution < -0.4 is 5.32 Å². The van der Waals surface area contributed by atoms with Crippen LogP contribution in [-0.4, -0.2) is 15.5 Å². The Labute approximate surface area is 140 Å². The minimum absolute atomic E-state index is 0.0441. The molecule has 3 aromatic heterocycles. The molecular weight excluding hydrogens is 306 g/mol. The standard InChI is InChI=1S/C18H21N3OS/c1-12(2)11-21-15-8-13(3)23-17(15)9-16(21)18(22)20-10-14-6-4-5-7-19-14/h4-9,12H,10-11H2,1-3H3,(H,20,22). The van der Waals surface area contributed by atoms with E-state index in [-0.39, 0.29) is 5.91 Å². The molecule has 4 nitrogen and oxygen atoms in total. The predicted octanol–water partition coefficient (Wildman–Crippen LogP) is 3.99. The summed E-state index contributed by atoms with van der Waals surface area (Å²) < 4.78 is 3.31. The average Bonchev–Trinajstić information content (AvgIpc) is 3.03. The van der Waals surface area contributed by atoms with Crippen molar-refractivity contribution in [3.63, 3.8) is 0 Å². The summed E-state index contributed by atoms with van der Waals surface area (Å²) in [6.45, 7) is 7.72. The van der Waals surface area contributed by atoms with Crippen LogP contribution in [0.4, 0.5) is 0 Å². The van der Waals surface area contributed by atoms with Gasteiger partial charge in [-0.1, -0.05) is 19.9 Å². The molecule has 3 aromatic rings. The van der Waals surface area contributed by atoms with Crippen LogP contribution in [0.15, 0.2) is 36.5 Å². The molecular formula is C18H21N3OS. The lowest BCUT2D eigenvalue weighted by Crippen LogP contribution is -2.26. The van der Waals surface area contributed by atoms with Crippen molar-refractivity contribution in [1.29, 1.82) is 0 Å². The zero-order valence-corrected chi connectivity index (χ0v) is 14.5. The number of thiophene rings is 1. The largest absolute Gasteiger partial charge is 0.345 e. The van der Waals surface area contributed by atoms with E-state index in [1.54, 1.807) is 17.5 Å². The number of carbonyl (C=O) groups is 1. The summed E-state index contributed by atoms with van der Waals surface area (Å²) in [5.41, 5.74) is 2.75. The Morgan fingerprint density at radius 1 is 1.35 bits per heavy atom. The molecule has 1 amide bonds. The Morgan fingerprint density at radius 3 is 2.87 bits per heavy atom. The molecule has 0 fully saturated rings. The van der Waals surface area contributed by atoms with Gasteiger partial charge in [-0.05, 0) is 37.1 Å². The predicted molar refractivity (Wildman–Crippen MR) is 94.8 cm³/mol. The molecule has 5 heteroatoms. The minimum Gasteiger partial charge on any atom is -0.345 e. The molecule has 3 rings (SSSR count). The molecule has 0 unspecified atom stereocenters.